The number of ether oxygens (including phenoxy) is 2. The molecular formula is C19H30O9. The zero-order valence-corrected chi connectivity index (χ0v) is 16.0. The molecule has 2 aliphatic rings. The van der Waals surface area contributed by atoms with Gasteiger partial charge in [-0.15, -0.1) is 0 Å². The van der Waals surface area contributed by atoms with E-state index in [-0.39, 0.29) is 18.3 Å². The molecule has 2 rings (SSSR count). The van der Waals surface area contributed by atoms with E-state index in [2.05, 4.69) is 0 Å². The first-order valence-corrected chi connectivity index (χ1v) is 9.45. The van der Waals surface area contributed by atoms with Gasteiger partial charge in [0.1, 0.15) is 47.8 Å². The van der Waals surface area contributed by atoms with Gasteiger partial charge in [0.05, 0.1) is 13.2 Å². The molecule has 0 spiro atoms. The molecule has 0 radical (unpaired) electrons. The van der Waals surface area contributed by atoms with Crippen LogP contribution in [0.3, 0.4) is 0 Å². The Morgan fingerprint density at radius 1 is 1.29 bits per heavy atom. The highest BCUT2D eigenvalue weighted by Crippen LogP contribution is 2.38. The summed E-state index contributed by atoms with van der Waals surface area (Å²) in [5.41, 5.74) is -2.18. The summed E-state index contributed by atoms with van der Waals surface area (Å²) in [6.07, 6.45) is -2.83. The standard InChI is InChI=1S/C19H30O9/c1-3-4-10(2)9-27-18(25)12-7-11(21)5-6-19(12,26)17-16(24)15(23)14(22)13(8-20)28-17/h5-7,10,12-17,20-24,26H,3-4,8-9H2,1-2H3/t10?,12?,13-,14-,15+,16-,17-,19?/m1/s1. The molecule has 9 nitrogen and oxygen atoms in total. The Morgan fingerprint density at radius 2 is 1.96 bits per heavy atom. The summed E-state index contributed by atoms with van der Waals surface area (Å²) in [6.45, 7) is 3.36. The number of carbonyl (C=O) groups excluding carboxylic acids is 1. The molecule has 0 aromatic rings. The lowest BCUT2D eigenvalue weighted by molar-refractivity contribution is -0.267. The number of rotatable bonds is 7. The molecule has 0 amide bonds. The van der Waals surface area contributed by atoms with E-state index in [1.807, 2.05) is 13.8 Å². The monoisotopic (exact) mass is 402 g/mol. The van der Waals surface area contributed by atoms with Crippen molar-refractivity contribution in [1.82, 2.24) is 0 Å². The lowest BCUT2D eigenvalue weighted by atomic mass is 9.74. The smallest absolute Gasteiger partial charge is 0.316 e. The normalized spacial score (nSPS) is 39.3. The third-order valence-corrected chi connectivity index (χ3v) is 5.25. The minimum absolute atomic E-state index is 0.103. The van der Waals surface area contributed by atoms with Crippen LogP contribution in [0.1, 0.15) is 26.7 Å². The van der Waals surface area contributed by atoms with Gasteiger partial charge in [-0.25, -0.2) is 0 Å². The van der Waals surface area contributed by atoms with Crippen molar-refractivity contribution in [2.24, 2.45) is 11.8 Å². The van der Waals surface area contributed by atoms with Crippen LogP contribution >= 0.6 is 0 Å². The van der Waals surface area contributed by atoms with Crippen LogP contribution in [0.4, 0.5) is 0 Å². The first-order valence-electron chi connectivity index (χ1n) is 9.45. The summed E-state index contributed by atoms with van der Waals surface area (Å²) in [5, 5.41) is 60.7. The average Bonchev–Trinajstić information content (AvgIpc) is 2.66. The van der Waals surface area contributed by atoms with Crippen LogP contribution < -0.4 is 0 Å². The van der Waals surface area contributed by atoms with Crippen LogP contribution in [-0.2, 0) is 14.3 Å². The van der Waals surface area contributed by atoms with Gasteiger partial charge >= 0.3 is 5.97 Å². The highest BCUT2D eigenvalue weighted by atomic mass is 16.6. The van der Waals surface area contributed by atoms with Gasteiger partial charge in [-0.05, 0) is 30.6 Å². The van der Waals surface area contributed by atoms with E-state index >= 15 is 0 Å². The maximum atomic E-state index is 12.6. The molecule has 1 heterocycles. The fourth-order valence-corrected chi connectivity index (χ4v) is 3.59. The predicted octanol–water partition coefficient (Wildman–Crippen LogP) is -0.833. The molecule has 8 atom stereocenters. The van der Waals surface area contributed by atoms with Crippen LogP contribution in [0.5, 0.6) is 0 Å². The largest absolute Gasteiger partial charge is 0.508 e. The van der Waals surface area contributed by atoms with E-state index in [9.17, 15) is 35.4 Å². The van der Waals surface area contributed by atoms with Crippen molar-refractivity contribution >= 4 is 5.97 Å². The maximum absolute atomic E-state index is 12.6. The van der Waals surface area contributed by atoms with Crippen molar-refractivity contribution in [3.8, 4) is 0 Å². The van der Waals surface area contributed by atoms with E-state index in [4.69, 9.17) is 9.47 Å². The summed E-state index contributed by atoms with van der Waals surface area (Å²) in [4.78, 5) is 12.6. The highest BCUT2D eigenvalue weighted by molar-refractivity contribution is 5.77. The van der Waals surface area contributed by atoms with Crippen molar-refractivity contribution < 1.29 is 44.9 Å². The third kappa shape index (κ3) is 4.56. The predicted molar refractivity (Wildman–Crippen MR) is 97.1 cm³/mol. The van der Waals surface area contributed by atoms with Crippen molar-refractivity contribution in [2.75, 3.05) is 13.2 Å². The summed E-state index contributed by atoms with van der Waals surface area (Å²) in [7, 11) is 0. The number of hydrogen-bond donors (Lipinski definition) is 6. The number of aliphatic hydroxyl groups excluding tert-OH is 5. The minimum atomic E-state index is -2.18. The van der Waals surface area contributed by atoms with Crippen molar-refractivity contribution in [3.05, 3.63) is 24.0 Å². The second kappa shape index (κ2) is 9.34. The molecule has 6 N–H and O–H groups in total. The Bertz CT molecular complexity index is 602. The van der Waals surface area contributed by atoms with E-state index in [1.54, 1.807) is 0 Å². The molecule has 0 bridgehead atoms. The fraction of sp³-hybridized carbons (Fsp3) is 0.737. The quantitative estimate of drug-likeness (QED) is 0.299. The summed E-state index contributed by atoms with van der Waals surface area (Å²) in [6, 6.07) is 0. The third-order valence-electron chi connectivity index (χ3n) is 5.25. The van der Waals surface area contributed by atoms with Gasteiger partial charge in [0.15, 0.2) is 0 Å². The summed E-state index contributed by atoms with van der Waals surface area (Å²) < 4.78 is 10.7. The van der Waals surface area contributed by atoms with E-state index < -0.39 is 54.6 Å². The highest BCUT2D eigenvalue weighted by Gasteiger charge is 2.56. The molecule has 160 valence electrons. The maximum Gasteiger partial charge on any atom is 0.316 e. The number of allylic oxidation sites excluding steroid dienone is 1. The summed E-state index contributed by atoms with van der Waals surface area (Å²) in [5.74, 6) is -2.44. The van der Waals surface area contributed by atoms with Gasteiger partial charge in [0, 0.05) is 0 Å². The van der Waals surface area contributed by atoms with Gasteiger partial charge in [-0.3, -0.25) is 4.79 Å². The number of carbonyl (C=O) groups is 1. The topological polar surface area (TPSA) is 157 Å². The number of aliphatic hydroxyl groups is 6. The molecule has 28 heavy (non-hydrogen) atoms. The first-order chi connectivity index (χ1) is 13.2. The molecule has 1 aliphatic carbocycles. The molecule has 1 aliphatic heterocycles. The molecule has 0 aromatic heterocycles. The SMILES string of the molecule is CCCC(C)COC(=O)C1C=C(O)C=CC1(O)[C@@H]1O[C@H](CO)[C@@H](O)[C@H](O)[C@H]1O. The second-order valence-corrected chi connectivity index (χ2v) is 7.56. The Morgan fingerprint density at radius 3 is 2.57 bits per heavy atom. The number of hydrogen-bond acceptors (Lipinski definition) is 9. The Hall–Kier alpha value is -1.49. The molecule has 9 heteroatoms. The Kier molecular flexibility index (Phi) is 7.60. The van der Waals surface area contributed by atoms with Crippen LogP contribution in [0.15, 0.2) is 24.0 Å². The van der Waals surface area contributed by atoms with Crippen LogP contribution in [0, 0.1) is 11.8 Å². The molecule has 3 unspecified atom stereocenters. The van der Waals surface area contributed by atoms with Gasteiger partial charge in [-0.2, -0.15) is 0 Å². The zero-order valence-electron chi connectivity index (χ0n) is 16.0. The molecule has 1 fully saturated rings. The van der Waals surface area contributed by atoms with Crippen LogP contribution in [-0.4, -0.2) is 85.9 Å². The van der Waals surface area contributed by atoms with Crippen molar-refractivity contribution in [3.63, 3.8) is 0 Å². The molecule has 1 saturated heterocycles. The van der Waals surface area contributed by atoms with Gasteiger partial charge < -0.3 is 40.1 Å². The van der Waals surface area contributed by atoms with Gasteiger partial charge in [0.2, 0.25) is 0 Å². The van der Waals surface area contributed by atoms with Crippen LogP contribution in [0.25, 0.3) is 0 Å². The molecular weight excluding hydrogens is 372 g/mol. The lowest BCUT2D eigenvalue weighted by Crippen LogP contribution is -2.67. The van der Waals surface area contributed by atoms with Gasteiger partial charge in [0.25, 0.3) is 0 Å². The average molecular weight is 402 g/mol. The van der Waals surface area contributed by atoms with Crippen molar-refractivity contribution in [2.45, 2.75) is 62.8 Å². The Balaban J connectivity index is 2.26. The van der Waals surface area contributed by atoms with E-state index in [0.29, 0.717) is 0 Å². The first kappa shape index (κ1) is 22.8. The molecule has 0 aromatic carbocycles. The second-order valence-electron chi connectivity index (χ2n) is 7.56. The number of esters is 1. The fourth-order valence-electron chi connectivity index (χ4n) is 3.59. The Labute approximate surface area is 163 Å². The molecule has 0 saturated carbocycles. The van der Waals surface area contributed by atoms with Gasteiger partial charge in [-0.1, -0.05) is 20.3 Å². The van der Waals surface area contributed by atoms with Crippen molar-refractivity contribution in [1.29, 1.82) is 0 Å². The minimum Gasteiger partial charge on any atom is -0.508 e. The lowest BCUT2D eigenvalue weighted by Gasteiger charge is -2.47. The van der Waals surface area contributed by atoms with Crippen LogP contribution in [0.2, 0.25) is 0 Å². The zero-order chi connectivity index (χ0) is 21.1. The van der Waals surface area contributed by atoms with E-state index in [0.717, 1.165) is 31.1 Å². The van der Waals surface area contributed by atoms with E-state index in [1.165, 1.54) is 0 Å². The summed E-state index contributed by atoms with van der Waals surface area (Å²) >= 11 is 0.